The third-order valence-electron chi connectivity index (χ3n) is 5.33. The highest BCUT2D eigenvalue weighted by Gasteiger charge is 2.23. The number of nitrogens with zero attached hydrogens (tertiary/aromatic N) is 2. The third-order valence-corrected chi connectivity index (χ3v) is 5.33. The van der Waals surface area contributed by atoms with E-state index in [2.05, 4.69) is 52.4 Å². The van der Waals surface area contributed by atoms with Crippen LogP contribution in [0.3, 0.4) is 0 Å². The highest BCUT2D eigenvalue weighted by atomic mass is 15.2. The summed E-state index contributed by atoms with van der Waals surface area (Å²) in [7, 11) is 0. The van der Waals surface area contributed by atoms with Crippen LogP contribution in [0, 0.1) is 5.92 Å². The summed E-state index contributed by atoms with van der Waals surface area (Å²) in [4.78, 5) is 5.37. The average molecular weight is 301 g/mol. The predicted molar refractivity (Wildman–Crippen MR) is 93.0 cm³/mol. The Morgan fingerprint density at radius 3 is 2.73 bits per heavy atom. The van der Waals surface area contributed by atoms with Gasteiger partial charge in [-0.25, -0.2) is 0 Å². The molecule has 122 valence electrons. The molecule has 2 heterocycles. The summed E-state index contributed by atoms with van der Waals surface area (Å²) < 4.78 is 0. The number of hydrogen-bond acceptors (Lipinski definition) is 3. The van der Waals surface area contributed by atoms with E-state index in [0.717, 1.165) is 12.5 Å². The molecule has 0 radical (unpaired) electrons. The molecular weight excluding hydrogens is 270 g/mol. The minimum Gasteiger partial charge on any atom is -0.316 e. The molecule has 2 fully saturated rings. The van der Waals surface area contributed by atoms with Crippen LogP contribution in [0.15, 0.2) is 30.3 Å². The lowest BCUT2D eigenvalue weighted by Gasteiger charge is -2.29. The summed E-state index contributed by atoms with van der Waals surface area (Å²) in [6.45, 7) is 10.9. The van der Waals surface area contributed by atoms with Crippen molar-refractivity contribution < 1.29 is 0 Å². The van der Waals surface area contributed by atoms with Gasteiger partial charge in [-0.05, 0) is 57.3 Å². The van der Waals surface area contributed by atoms with Crippen molar-refractivity contribution in [1.82, 2.24) is 15.1 Å². The van der Waals surface area contributed by atoms with Gasteiger partial charge < -0.3 is 10.2 Å². The molecule has 1 aromatic carbocycles. The molecule has 2 aliphatic rings. The van der Waals surface area contributed by atoms with Gasteiger partial charge in [-0.3, -0.25) is 4.90 Å². The number of benzene rings is 1. The monoisotopic (exact) mass is 301 g/mol. The Morgan fingerprint density at radius 1 is 1.09 bits per heavy atom. The normalized spacial score (nSPS) is 28.4. The maximum atomic E-state index is 3.55. The topological polar surface area (TPSA) is 18.5 Å². The average Bonchev–Trinajstić information content (AvgIpc) is 2.73. The molecule has 22 heavy (non-hydrogen) atoms. The molecule has 2 aliphatic heterocycles. The van der Waals surface area contributed by atoms with Crippen molar-refractivity contribution in [2.45, 2.75) is 38.8 Å². The van der Waals surface area contributed by atoms with Crippen LogP contribution in [-0.2, 0) is 6.54 Å². The van der Waals surface area contributed by atoms with Crippen molar-refractivity contribution >= 4 is 0 Å². The fraction of sp³-hybridized carbons (Fsp3) is 0.684. The molecule has 0 spiro atoms. The van der Waals surface area contributed by atoms with Gasteiger partial charge in [0.05, 0.1) is 0 Å². The number of hydrogen-bond donors (Lipinski definition) is 1. The zero-order chi connectivity index (χ0) is 15.2. The van der Waals surface area contributed by atoms with Crippen LogP contribution in [0.1, 0.15) is 31.7 Å². The maximum absolute atomic E-state index is 3.55. The van der Waals surface area contributed by atoms with Gasteiger partial charge in [0.15, 0.2) is 0 Å². The summed E-state index contributed by atoms with van der Waals surface area (Å²) in [6.07, 6.45) is 4.06. The van der Waals surface area contributed by atoms with Crippen molar-refractivity contribution in [2.24, 2.45) is 5.92 Å². The standard InChI is InChI=1S/C19H31N3/c1-17-9-11-21(15-19-8-5-10-20-14-19)12-13-22(17)16-18-6-3-2-4-7-18/h2-4,6-7,17,19-20H,5,8-16H2,1H3/t17-,19-/m0/s1. The van der Waals surface area contributed by atoms with E-state index in [4.69, 9.17) is 0 Å². The summed E-state index contributed by atoms with van der Waals surface area (Å²) in [5.41, 5.74) is 1.44. The molecule has 2 saturated heterocycles. The first-order valence-electron chi connectivity index (χ1n) is 9.02. The van der Waals surface area contributed by atoms with Crippen LogP contribution in [0.2, 0.25) is 0 Å². The molecule has 3 heteroatoms. The van der Waals surface area contributed by atoms with Crippen molar-refractivity contribution in [1.29, 1.82) is 0 Å². The lowest BCUT2D eigenvalue weighted by Crippen LogP contribution is -2.39. The fourth-order valence-corrected chi connectivity index (χ4v) is 3.83. The zero-order valence-corrected chi connectivity index (χ0v) is 14.0. The molecule has 0 unspecified atom stereocenters. The van der Waals surface area contributed by atoms with Crippen LogP contribution in [0.4, 0.5) is 0 Å². The molecule has 0 aromatic heterocycles. The van der Waals surface area contributed by atoms with Crippen LogP contribution in [-0.4, -0.2) is 55.1 Å². The number of rotatable bonds is 4. The Bertz CT molecular complexity index is 428. The highest BCUT2D eigenvalue weighted by molar-refractivity contribution is 5.14. The first kappa shape index (κ1) is 16.0. The van der Waals surface area contributed by atoms with Gasteiger partial charge in [-0.2, -0.15) is 0 Å². The first-order chi connectivity index (χ1) is 10.8. The summed E-state index contributed by atoms with van der Waals surface area (Å²) in [6, 6.07) is 11.6. The van der Waals surface area contributed by atoms with E-state index in [9.17, 15) is 0 Å². The molecule has 1 aromatic rings. The lowest BCUT2D eigenvalue weighted by atomic mass is 9.99. The van der Waals surface area contributed by atoms with E-state index in [1.165, 1.54) is 64.1 Å². The highest BCUT2D eigenvalue weighted by Crippen LogP contribution is 2.17. The van der Waals surface area contributed by atoms with Gasteiger partial charge in [-0.1, -0.05) is 30.3 Å². The van der Waals surface area contributed by atoms with E-state index in [0.29, 0.717) is 6.04 Å². The molecule has 0 amide bonds. The minimum absolute atomic E-state index is 0.690. The largest absolute Gasteiger partial charge is 0.316 e. The van der Waals surface area contributed by atoms with Crippen LogP contribution in [0.25, 0.3) is 0 Å². The zero-order valence-electron chi connectivity index (χ0n) is 14.0. The first-order valence-corrected chi connectivity index (χ1v) is 9.02. The van der Waals surface area contributed by atoms with Crippen molar-refractivity contribution in [3.8, 4) is 0 Å². The van der Waals surface area contributed by atoms with Gasteiger partial charge in [0, 0.05) is 32.2 Å². The molecule has 2 atom stereocenters. The second-order valence-corrected chi connectivity index (χ2v) is 7.11. The van der Waals surface area contributed by atoms with E-state index < -0.39 is 0 Å². The second kappa shape index (κ2) is 8.09. The summed E-state index contributed by atoms with van der Waals surface area (Å²) in [5.74, 6) is 0.865. The SMILES string of the molecule is C[C@H]1CCN(C[C@H]2CCCNC2)CCN1Cc1ccccc1. The van der Waals surface area contributed by atoms with Crippen LogP contribution < -0.4 is 5.32 Å². The van der Waals surface area contributed by atoms with Gasteiger partial charge >= 0.3 is 0 Å². The molecule has 0 saturated carbocycles. The lowest BCUT2D eigenvalue weighted by molar-refractivity contribution is 0.195. The smallest absolute Gasteiger partial charge is 0.0237 e. The summed E-state index contributed by atoms with van der Waals surface area (Å²) in [5, 5.41) is 3.55. The molecule has 0 aliphatic carbocycles. The summed E-state index contributed by atoms with van der Waals surface area (Å²) >= 11 is 0. The number of nitrogens with one attached hydrogen (secondary N) is 1. The quantitative estimate of drug-likeness (QED) is 0.922. The molecule has 0 bridgehead atoms. The van der Waals surface area contributed by atoms with E-state index in [1.807, 2.05) is 0 Å². The Balaban J connectivity index is 1.51. The third kappa shape index (κ3) is 4.55. The van der Waals surface area contributed by atoms with Crippen molar-refractivity contribution in [3.05, 3.63) is 35.9 Å². The Morgan fingerprint density at radius 2 is 1.95 bits per heavy atom. The van der Waals surface area contributed by atoms with Gasteiger partial charge in [0.2, 0.25) is 0 Å². The van der Waals surface area contributed by atoms with E-state index >= 15 is 0 Å². The Labute approximate surface area is 135 Å². The Kier molecular flexibility index (Phi) is 5.88. The second-order valence-electron chi connectivity index (χ2n) is 7.11. The van der Waals surface area contributed by atoms with Crippen molar-refractivity contribution in [2.75, 3.05) is 39.3 Å². The van der Waals surface area contributed by atoms with Gasteiger partial charge in [-0.15, -0.1) is 0 Å². The molecule has 3 nitrogen and oxygen atoms in total. The predicted octanol–water partition coefficient (Wildman–Crippen LogP) is 2.58. The number of piperidine rings is 1. The van der Waals surface area contributed by atoms with E-state index in [1.54, 1.807) is 0 Å². The van der Waals surface area contributed by atoms with Crippen LogP contribution >= 0.6 is 0 Å². The minimum atomic E-state index is 0.690. The Hall–Kier alpha value is -0.900. The maximum Gasteiger partial charge on any atom is 0.0237 e. The fourth-order valence-electron chi connectivity index (χ4n) is 3.83. The molecule has 1 N–H and O–H groups in total. The molecular formula is C19H31N3. The van der Waals surface area contributed by atoms with Gasteiger partial charge in [0.25, 0.3) is 0 Å². The van der Waals surface area contributed by atoms with Crippen molar-refractivity contribution in [3.63, 3.8) is 0 Å². The van der Waals surface area contributed by atoms with Crippen LogP contribution in [0.5, 0.6) is 0 Å². The van der Waals surface area contributed by atoms with E-state index in [-0.39, 0.29) is 0 Å². The molecule has 3 rings (SSSR count). The van der Waals surface area contributed by atoms with Gasteiger partial charge in [0.1, 0.15) is 0 Å².